The van der Waals surface area contributed by atoms with E-state index in [0.717, 1.165) is 20.1 Å². The quantitative estimate of drug-likeness (QED) is 0.236. The van der Waals surface area contributed by atoms with Crippen molar-refractivity contribution in [3.8, 4) is 0 Å². The van der Waals surface area contributed by atoms with Crippen molar-refractivity contribution in [3.63, 3.8) is 0 Å². The molecule has 1 atom stereocenters. The first-order valence-corrected chi connectivity index (χ1v) is 14.1. The van der Waals surface area contributed by atoms with Gasteiger partial charge < -0.3 is 15.0 Å². The molecule has 0 spiro atoms. The monoisotopic (exact) mass is 622 g/mol. The van der Waals surface area contributed by atoms with Crippen molar-refractivity contribution in [1.82, 2.24) is 10.2 Å². The number of carbonyl (C=O) groups excluding carboxylic acids is 3. The molecule has 1 aliphatic rings. The summed E-state index contributed by atoms with van der Waals surface area (Å²) in [4.78, 5) is 39.5. The number of amides is 2. The maximum atomic E-state index is 13.0. The zero-order chi connectivity index (χ0) is 26.5. The fourth-order valence-electron chi connectivity index (χ4n) is 4.31. The minimum absolute atomic E-state index is 0.0374. The van der Waals surface area contributed by atoms with Crippen LogP contribution in [0.25, 0.3) is 16.2 Å². The third-order valence-corrected chi connectivity index (χ3v) is 8.89. The lowest BCUT2D eigenvalue weighted by Gasteiger charge is -2.31. The van der Waals surface area contributed by atoms with Crippen molar-refractivity contribution in [3.05, 3.63) is 73.5 Å². The van der Waals surface area contributed by atoms with Crippen molar-refractivity contribution < 1.29 is 19.1 Å². The Kier molecular flexibility index (Phi) is 9.29. The molecule has 1 N–H and O–H groups in total. The van der Waals surface area contributed by atoms with Gasteiger partial charge in [-0.2, -0.15) is 0 Å². The van der Waals surface area contributed by atoms with Crippen molar-refractivity contribution in [2.75, 3.05) is 20.2 Å². The lowest BCUT2D eigenvalue weighted by Crippen LogP contribution is -2.43. The van der Waals surface area contributed by atoms with E-state index in [-0.39, 0.29) is 24.2 Å². The molecular formula is C27H25BrCl2N2O4S. The normalized spacial score (nSPS) is 15.2. The first-order chi connectivity index (χ1) is 17.8. The van der Waals surface area contributed by atoms with Gasteiger partial charge in [-0.3, -0.25) is 14.4 Å². The summed E-state index contributed by atoms with van der Waals surface area (Å²) < 4.78 is 6.64. The first-order valence-electron chi connectivity index (χ1n) is 11.7. The lowest BCUT2D eigenvalue weighted by atomic mass is 9.94. The molecule has 10 heteroatoms. The number of methoxy groups -OCH3 is 1. The van der Waals surface area contributed by atoms with Gasteiger partial charge in [0.05, 0.1) is 34.3 Å². The van der Waals surface area contributed by atoms with Gasteiger partial charge in [-0.25, -0.2) is 0 Å². The number of rotatable bonds is 7. The lowest BCUT2D eigenvalue weighted by molar-refractivity contribution is -0.141. The molecule has 6 nitrogen and oxygen atoms in total. The highest BCUT2D eigenvalue weighted by atomic mass is 79.9. The minimum Gasteiger partial charge on any atom is -0.469 e. The highest BCUT2D eigenvalue weighted by Crippen LogP contribution is 2.37. The van der Waals surface area contributed by atoms with E-state index in [0.29, 0.717) is 41.5 Å². The average molecular weight is 624 g/mol. The molecule has 0 saturated carbocycles. The zero-order valence-electron chi connectivity index (χ0n) is 20.0. The van der Waals surface area contributed by atoms with Gasteiger partial charge in [-0.05, 0) is 65.1 Å². The molecule has 0 unspecified atom stereocenters. The molecule has 1 fully saturated rings. The molecule has 2 heterocycles. The van der Waals surface area contributed by atoms with Gasteiger partial charge in [0.1, 0.15) is 0 Å². The van der Waals surface area contributed by atoms with Crippen LogP contribution in [0.1, 0.15) is 36.4 Å². The summed E-state index contributed by atoms with van der Waals surface area (Å²) in [6, 6.07) is 10.8. The number of fused-ring (bicyclic) bond motifs is 1. The zero-order valence-corrected chi connectivity index (χ0v) is 23.9. The number of halogens is 3. The van der Waals surface area contributed by atoms with Crippen LogP contribution in [0.15, 0.2) is 52.3 Å². The van der Waals surface area contributed by atoms with Crippen molar-refractivity contribution >= 4 is 84.4 Å². The van der Waals surface area contributed by atoms with Crippen molar-refractivity contribution in [2.45, 2.75) is 25.3 Å². The largest absolute Gasteiger partial charge is 0.469 e. The molecule has 0 aliphatic carbocycles. The number of esters is 1. The smallest absolute Gasteiger partial charge is 0.307 e. The molecule has 3 aromatic rings. The number of ether oxygens (including phenoxy) is 1. The number of benzene rings is 2. The Morgan fingerprint density at radius 3 is 2.54 bits per heavy atom. The second-order valence-corrected chi connectivity index (χ2v) is 11.3. The van der Waals surface area contributed by atoms with Crippen LogP contribution in [-0.2, 0) is 19.1 Å². The molecule has 1 saturated heterocycles. The van der Waals surface area contributed by atoms with Crippen LogP contribution < -0.4 is 5.32 Å². The third-order valence-electron chi connectivity index (χ3n) is 6.42. The fraction of sp³-hybridized carbons (Fsp3) is 0.296. The van der Waals surface area contributed by atoms with Crippen molar-refractivity contribution in [1.29, 1.82) is 0 Å². The SMILES string of the molecule is COC(=O)C[C@@H](NC(=O)C1CCN(C(=O)/C=C/c2cc3ccsc3c(Cl)c2Cl)CC1)c1ccc(Br)cc1. The van der Waals surface area contributed by atoms with E-state index in [2.05, 4.69) is 21.2 Å². The molecule has 4 rings (SSSR count). The molecule has 0 radical (unpaired) electrons. The van der Waals surface area contributed by atoms with Gasteiger partial charge in [0, 0.05) is 29.6 Å². The van der Waals surface area contributed by atoms with Crippen LogP contribution in [0.5, 0.6) is 0 Å². The van der Waals surface area contributed by atoms with Crippen LogP contribution in [0.4, 0.5) is 0 Å². The Morgan fingerprint density at radius 1 is 1.16 bits per heavy atom. The predicted molar refractivity (Wildman–Crippen MR) is 152 cm³/mol. The van der Waals surface area contributed by atoms with Gasteiger partial charge in [0.25, 0.3) is 0 Å². The number of thiophene rings is 1. The van der Waals surface area contributed by atoms with E-state index in [1.54, 1.807) is 11.0 Å². The Bertz CT molecular complexity index is 1330. The van der Waals surface area contributed by atoms with Gasteiger partial charge in [-0.1, -0.05) is 51.3 Å². The Labute approximate surface area is 237 Å². The summed E-state index contributed by atoms with van der Waals surface area (Å²) in [6.07, 6.45) is 4.28. The van der Waals surface area contributed by atoms with E-state index < -0.39 is 12.0 Å². The van der Waals surface area contributed by atoms with Gasteiger partial charge in [0.2, 0.25) is 11.8 Å². The molecular weight excluding hydrogens is 599 g/mol. The second-order valence-electron chi connectivity index (χ2n) is 8.76. The maximum Gasteiger partial charge on any atom is 0.307 e. The number of likely N-dealkylation sites (tertiary alicyclic amines) is 1. The van der Waals surface area contributed by atoms with Crippen LogP contribution in [-0.4, -0.2) is 42.9 Å². The summed E-state index contributed by atoms with van der Waals surface area (Å²) in [5, 5.41) is 6.84. The molecule has 37 heavy (non-hydrogen) atoms. The third kappa shape index (κ3) is 6.74. The van der Waals surface area contributed by atoms with Gasteiger partial charge in [-0.15, -0.1) is 11.3 Å². The van der Waals surface area contributed by atoms with Crippen LogP contribution in [0.3, 0.4) is 0 Å². The molecule has 194 valence electrons. The molecule has 1 aromatic heterocycles. The molecule has 1 aliphatic heterocycles. The standard InChI is InChI=1S/C27H25BrCl2N2O4S/c1-36-23(34)15-21(16-2-5-20(28)6-3-16)31-27(35)17-8-11-32(12-9-17)22(33)7-4-18-14-19-10-13-37-26(19)25(30)24(18)29/h2-7,10,13-14,17,21H,8-9,11-12,15H2,1H3,(H,31,35)/b7-4+/t21-/m1/s1. The average Bonchev–Trinajstić information content (AvgIpc) is 3.38. The van der Waals surface area contributed by atoms with Gasteiger partial charge >= 0.3 is 5.97 Å². The summed E-state index contributed by atoms with van der Waals surface area (Å²) in [7, 11) is 1.33. The maximum absolute atomic E-state index is 13.0. The Balaban J connectivity index is 1.35. The van der Waals surface area contributed by atoms with Crippen LogP contribution >= 0.6 is 50.5 Å². The van der Waals surface area contributed by atoms with Crippen LogP contribution in [0.2, 0.25) is 10.0 Å². The molecule has 0 bridgehead atoms. The Morgan fingerprint density at radius 2 is 1.86 bits per heavy atom. The number of nitrogens with zero attached hydrogens (tertiary/aromatic N) is 1. The summed E-state index contributed by atoms with van der Waals surface area (Å²) in [5.74, 6) is -0.933. The number of nitrogens with one attached hydrogen (secondary N) is 1. The van der Waals surface area contributed by atoms with Crippen LogP contribution in [0, 0.1) is 5.92 Å². The minimum atomic E-state index is -0.493. The predicted octanol–water partition coefficient (Wildman–Crippen LogP) is 6.64. The number of carbonyl (C=O) groups is 3. The van der Waals surface area contributed by atoms with E-state index in [1.165, 1.54) is 24.5 Å². The van der Waals surface area contributed by atoms with Gasteiger partial charge in [0.15, 0.2) is 0 Å². The molecule has 2 amide bonds. The second kappa shape index (κ2) is 12.4. The summed E-state index contributed by atoms with van der Waals surface area (Å²) in [6.45, 7) is 0.915. The highest BCUT2D eigenvalue weighted by Gasteiger charge is 2.29. The number of hydrogen-bond acceptors (Lipinski definition) is 5. The van der Waals surface area contributed by atoms with E-state index in [1.807, 2.05) is 41.8 Å². The fourth-order valence-corrected chi connectivity index (χ4v) is 6.01. The highest BCUT2D eigenvalue weighted by molar-refractivity contribution is 9.10. The van der Waals surface area contributed by atoms with E-state index >= 15 is 0 Å². The number of piperidine rings is 1. The number of hydrogen-bond donors (Lipinski definition) is 1. The summed E-state index contributed by atoms with van der Waals surface area (Å²) in [5.41, 5.74) is 1.50. The summed E-state index contributed by atoms with van der Waals surface area (Å²) >= 11 is 17.7. The first kappa shape index (κ1) is 27.6. The topological polar surface area (TPSA) is 75.7 Å². The van der Waals surface area contributed by atoms with E-state index in [4.69, 9.17) is 27.9 Å². The van der Waals surface area contributed by atoms with E-state index in [9.17, 15) is 14.4 Å². The molecule has 2 aromatic carbocycles. The Hall–Kier alpha value is -2.39. The van der Waals surface area contributed by atoms with Crippen molar-refractivity contribution in [2.24, 2.45) is 5.92 Å².